The quantitative estimate of drug-likeness (QED) is 0.864. The number of nitrogens with one attached hydrogen (secondary N) is 1. The predicted molar refractivity (Wildman–Crippen MR) is 80.5 cm³/mol. The molecule has 0 amide bonds. The topological polar surface area (TPSA) is 65.3 Å². The highest BCUT2D eigenvalue weighted by Crippen LogP contribution is 2.13. The van der Waals surface area contributed by atoms with E-state index in [4.69, 9.17) is 4.74 Å². The van der Waals surface area contributed by atoms with E-state index < -0.39 is 0 Å². The van der Waals surface area contributed by atoms with E-state index in [1.54, 1.807) is 7.05 Å². The molecule has 21 heavy (non-hydrogen) atoms. The van der Waals surface area contributed by atoms with Gasteiger partial charge in [0.1, 0.15) is 12.4 Å². The van der Waals surface area contributed by atoms with Crippen molar-refractivity contribution in [1.82, 2.24) is 14.5 Å². The number of aromatic nitrogens is 2. The summed E-state index contributed by atoms with van der Waals surface area (Å²) < 4.78 is 8.11. The van der Waals surface area contributed by atoms with E-state index in [2.05, 4.69) is 5.32 Å². The Hall–Kier alpha value is -2.34. The Morgan fingerprint density at radius 1 is 1.10 bits per heavy atom. The number of ether oxygens (including phenoxy) is 1. The van der Waals surface area contributed by atoms with Crippen molar-refractivity contribution in [3.8, 4) is 5.75 Å². The minimum absolute atomic E-state index is 0.174. The van der Waals surface area contributed by atoms with Gasteiger partial charge >= 0.3 is 5.69 Å². The normalized spacial score (nSPS) is 10.6. The third-order valence-electron chi connectivity index (χ3n) is 3.32. The summed E-state index contributed by atoms with van der Waals surface area (Å²) in [7, 11) is 4.97. The highest BCUT2D eigenvalue weighted by atomic mass is 16.5. The van der Waals surface area contributed by atoms with Gasteiger partial charge in [-0.15, -0.1) is 0 Å². The van der Waals surface area contributed by atoms with Crippen LogP contribution in [0.4, 0.5) is 0 Å². The molecular formula is C15H19N3O3. The molecule has 0 aliphatic heterocycles. The molecule has 1 aromatic carbocycles. The fourth-order valence-corrected chi connectivity index (χ4v) is 1.98. The monoisotopic (exact) mass is 289 g/mol. The molecule has 0 fully saturated rings. The average molecular weight is 289 g/mol. The minimum atomic E-state index is -0.356. The fourth-order valence-electron chi connectivity index (χ4n) is 1.98. The number of benzene rings is 1. The van der Waals surface area contributed by atoms with Gasteiger partial charge in [-0.05, 0) is 24.7 Å². The van der Waals surface area contributed by atoms with Gasteiger partial charge in [-0.1, -0.05) is 12.1 Å². The lowest BCUT2D eigenvalue weighted by atomic mass is 10.2. The Morgan fingerprint density at radius 2 is 1.76 bits per heavy atom. The van der Waals surface area contributed by atoms with E-state index in [9.17, 15) is 9.59 Å². The van der Waals surface area contributed by atoms with Crippen LogP contribution in [0.5, 0.6) is 5.75 Å². The van der Waals surface area contributed by atoms with Crippen LogP contribution in [-0.4, -0.2) is 16.2 Å². The van der Waals surface area contributed by atoms with Crippen LogP contribution < -0.4 is 21.3 Å². The maximum Gasteiger partial charge on any atom is 0.330 e. The van der Waals surface area contributed by atoms with Crippen molar-refractivity contribution >= 4 is 0 Å². The second-order valence-electron chi connectivity index (χ2n) is 4.84. The first-order chi connectivity index (χ1) is 10.0. The van der Waals surface area contributed by atoms with Crippen molar-refractivity contribution in [2.75, 3.05) is 7.05 Å². The first-order valence-corrected chi connectivity index (χ1v) is 6.65. The number of rotatable bonds is 5. The Morgan fingerprint density at radius 3 is 2.38 bits per heavy atom. The summed E-state index contributed by atoms with van der Waals surface area (Å²) in [6.45, 7) is 0.969. The van der Waals surface area contributed by atoms with Gasteiger partial charge in [-0.25, -0.2) is 4.79 Å². The van der Waals surface area contributed by atoms with Crippen LogP contribution in [0.15, 0.2) is 39.9 Å². The van der Waals surface area contributed by atoms with Crippen molar-refractivity contribution in [3.05, 3.63) is 62.4 Å². The summed E-state index contributed by atoms with van der Waals surface area (Å²) in [6, 6.07) is 9.08. The zero-order valence-corrected chi connectivity index (χ0v) is 12.4. The summed E-state index contributed by atoms with van der Waals surface area (Å²) in [5, 5.41) is 3.07. The molecule has 1 heterocycles. The SMILES string of the molecule is CNCc1ccc(OCc2cc(=O)n(C)c(=O)n2C)cc1. The van der Waals surface area contributed by atoms with Crippen molar-refractivity contribution in [2.24, 2.45) is 14.1 Å². The predicted octanol–water partition coefficient (Wildman–Crippen LogP) is 0.382. The minimum Gasteiger partial charge on any atom is -0.487 e. The van der Waals surface area contributed by atoms with E-state index >= 15 is 0 Å². The number of hydrogen-bond acceptors (Lipinski definition) is 4. The Bertz CT molecular complexity index is 729. The van der Waals surface area contributed by atoms with Crippen LogP contribution in [0.3, 0.4) is 0 Å². The molecule has 0 spiro atoms. The van der Waals surface area contributed by atoms with Crippen molar-refractivity contribution in [1.29, 1.82) is 0 Å². The molecule has 0 unspecified atom stereocenters. The molecule has 1 N–H and O–H groups in total. The highest BCUT2D eigenvalue weighted by Gasteiger charge is 2.06. The molecule has 0 aliphatic rings. The smallest absolute Gasteiger partial charge is 0.330 e. The Kier molecular flexibility index (Phi) is 4.59. The van der Waals surface area contributed by atoms with Gasteiger partial charge in [-0.2, -0.15) is 0 Å². The zero-order chi connectivity index (χ0) is 15.4. The van der Waals surface area contributed by atoms with Crippen LogP contribution in [-0.2, 0) is 27.2 Å². The average Bonchev–Trinajstić information content (AvgIpc) is 2.49. The largest absolute Gasteiger partial charge is 0.487 e. The first kappa shape index (κ1) is 15.1. The van der Waals surface area contributed by atoms with Gasteiger partial charge < -0.3 is 10.1 Å². The standard InChI is InChI=1S/C15H19N3O3/c1-16-9-11-4-6-13(7-5-11)21-10-12-8-14(19)18(3)15(20)17(12)2/h4-8,16H,9-10H2,1-3H3. The van der Waals surface area contributed by atoms with Gasteiger partial charge in [0.25, 0.3) is 5.56 Å². The summed E-state index contributed by atoms with van der Waals surface area (Å²) >= 11 is 0. The number of nitrogens with zero attached hydrogens (tertiary/aromatic N) is 2. The summed E-state index contributed by atoms with van der Waals surface area (Å²) in [5.74, 6) is 0.697. The van der Waals surface area contributed by atoms with E-state index in [0.29, 0.717) is 11.4 Å². The van der Waals surface area contributed by atoms with Gasteiger partial charge in [-0.3, -0.25) is 13.9 Å². The molecular weight excluding hydrogens is 270 g/mol. The van der Waals surface area contributed by atoms with Crippen LogP contribution in [0.25, 0.3) is 0 Å². The van der Waals surface area contributed by atoms with Crippen LogP contribution >= 0.6 is 0 Å². The fraction of sp³-hybridized carbons (Fsp3) is 0.333. The molecule has 0 atom stereocenters. The van der Waals surface area contributed by atoms with E-state index in [1.807, 2.05) is 31.3 Å². The molecule has 0 saturated heterocycles. The van der Waals surface area contributed by atoms with E-state index in [0.717, 1.165) is 16.7 Å². The summed E-state index contributed by atoms with van der Waals surface area (Å²) in [4.78, 5) is 23.4. The number of hydrogen-bond donors (Lipinski definition) is 1. The zero-order valence-electron chi connectivity index (χ0n) is 12.4. The third kappa shape index (κ3) is 3.41. The molecule has 2 aromatic rings. The molecule has 6 nitrogen and oxygen atoms in total. The highest BCUT2D eigenvalue weighted by molar-refractivity contribution is 5.27. The molecule has 0 radical (unpaired) electrons. The van der Waals surface area contributed by atoms with Crippen LogP contribution in [0, 0.1) is 0 Å². The van der Waals surface area contributed by atoms with Crippen molar-refractivity contribution in [2.45, 2.75) is 13.2 Å². The molecule has 0 bridgehead atoms. The second-order valence-corrected chi connectivity index (χ2v) is 4.84. The van der Waals surface area contributed by atoms with Crippen molar-refractivity contribution < 1.29 is 4.74 Å². The van der Waals surface area contributed by atoms with Gasteiger partial charge in [0.05, 0.1) is 5.69 Å². The lowest BCUT2D eigenvalue weighted by molar-refractivity contribution is 0.293. The lowest BCUT2D eigenvalue weighted by Crippen LogP contribution is -2.38. The molecule has 2 rings (SSSR count). The summed E-state index contributed by atoms with van der Waals surface area (Å²) in [5.41, 5.74) is 1.01. The summed E-state index contributed by atoms with van der Waals surface area (Å²) in [6.07, 6.45) is 0. The van der Waals surface area contributed by atoms with Crippen LogP contribution in [0.2, 0.25) is 0 Å². The maximum atomic E-state index is 11.8. The van der Waals surface area contributed by atoms with Gasteiger partial charge in [0.15, 0.2) is 0 Å². The maximum absolute atomic E-state index is 11.8. The Balaban J connectivity index is 2.13. The third-order valence-corrected chi connectivity index (χ3v) is 3.32. The second kappa shape index (κ2) is 6.41. The van der Waals surface area contributed by atoms with Crippen molar-refractivity contribution in [3.63, 3.8) is 0 Å². The van der Waals surface area contributed by atoms with Crippen LogP contribution in [0.1, 0.15) is 11.3 Å². The Labute approximate surface area is 122 Å². The van der Waals surface area contributed by atoms with E-state index in [1.165, 1.54) is 17.7 Å². The molecule has 0 aliphatic carbocycles. The molecule has 112 valence electrons. The molecule has 6 heteroatoms. The van der Waals surface area contributed by atoms with Gasteiger partial charge in [0.2, 0.25) is 0 Å². The molecule has 0 saturated carbocycles. The first-order valence-electron chi connectivity index (χ1n) is 6.65. The van der Waals surface area contributed by atoms with E-state index in [-0.39, 0.29) is 17.9 Å². The van der Waals surface area contributed by atoms with Gasteiger partial charge in [0, 0.05) is 26.7 Å². The molecule has 1 aromatic heterocycles. The lowest BCUT2D eigenvalue weighted by Gasteiger charge is -2.11.